The van der Waals surface area contributed by atoms with Gasteiger partial charge in [0.05, 0.1) is 0 Å². The standard InChI is InChI=1S/C9H15N/c1-2-4-9-7-10-6-5-8(9)3-1/h1,3,8-10H,2,4-7H2/t8-,9-/m1/s1. The minimum atomic E-state index is 0.912. The fourth-order valence-electron chi connectivity index (χ4n) is 2.09. The molecule has 0 bridgehead atoms. The highest BCUT2D eigenvalue weighted by Gasteiger charge is 2.23. The first-order valence-electron chi connectivity index (χ1n) is 4.34. The van der Waals surface area contributed by atoms with Gasteiger partial charge in [-0.05, 0) is 44.2 Å². The summed E-state index contributed by atoms with van der Waals surface area (Å²) in [6.07, 6.45) is 8.86. The number of fused-ring (bicyclic) bond motifs is 1. The van der Waals surface area contributed by atoms with E-state index in [0.717, 1.165) is 11.8 Å². The van der Waals surface area contributed by atoms with E-state index in [1.165, 1.54) is 32.4 Å². The van der Waals surface area contributed by atoms with Gasteiger partial charge < -0.3 is 5.32 Å². The monoisotopic (exact) mass is 137 g/mol. The van der Waals surface area contributed by atoms with Gasteiger partial charge in [-0.15, -0.1) is 0 Å². The molecular weight excluding hydrogens is 122 g/mol. The molecule has 56 valence electrons. The van der Waals surface area contributed by atoms with E-state index in [2.05, 4.69) is 17.5 Å². The van der Waals surface area contributed by atoms with E-state index in [1.54, 1.807) is 0 Å². The second-order valence-corrected chi connectivity index (χ2v) is 3.42. The predicted octanol–water partition coefficient (Wildman–Crippen LogP) is 1.56. The van der Waals surface area contributed by atoms with Crippen LogP contribution in [0.2, 0.25) is 0 Å². The van der Waals surface area contributed by atoms with Gasteiger partial charge in [0, 0.05) is 0 Å². The average Bonchev–Trinajstić information content (AvgIpc) is 2.05. The van der Waals surface area contributed by atoms with Gasteiger partial charge in [-0.25, -0.2) is 0 Å². The van der Waals surface area contributed by atoms with Crippen molar-refractivity contribution in [2.75, 3.05) is 13.1 Å². The Morgan fingerprint density at radius 1 is 1.30 bits per heavy atom. The number of nitrogens with one attached hydrogen (secondary N) is 1. The second-order valence-electron chi connectivity index (χ2n) is 3.42. The predicted molar refractivity (Wildman–Crippen MR) is 42.8 cm³/mol. The lowest BCUT2D eigenvalue weighted by Gasteiger charge is -2.32. The Morgan fingerprint density at radius 2 is 2.30 bits per heavy atom. The number of allylic oxidation sites excluding steroid dienone is 2. The van der Waals surface area contributed by atoms with Crippen LogP contribution < -0.4 is 5.32 Å². The molecule has 1 aliphatic heterocycles. The fraction of sp³-hybridized carbons (Fsp3) is 0.778. The van der Waals surface area contributed by atoms with Crippen LogP contribution >= 0.6 is 0 Å². The van der Waals surface area contributed by atoms with Crippen molar-refractivity contribution >= 4 is 0 Å². The largest absolute Gasteiger partial charge is 0.316 e. The van der Waals surface area contributed by atoms with Gasteiger partial charge in [-0.1, -0.05) is 12.2 Å². The zero-order chi connectivity index (χ0) is 6.81. The summed E-state index contributed by atoms with van der Waals surface area (Å²) in [5.74, 6) is 1.87. The molecule has 1 N–H and O–H groups in total. The van der Waals surface area contributed by atoms with Crippen LogP contribution in [0.4, 0.5) is 0 Å². The molecule has 2 atom stereocenters. The molecule has 1 heterocycles. The van der Waals surface area contributed by atoms with Crippen molar-refractivity contribution in [3.05, 3.63) is 12.2 Å². The summed E-state index contributed by atoms with van der Waals surface area (Å²) in [6, 6.07) is 0. The summed E-state index contributed by atoms with van der Waals surface area (Å²) in [5.41, 5.74) is 0. The molecule has 1 aliphatic carbocycles. The molecule has 1 fully saturated rings. The summed E-state index contributed by atoms with van der Waals surface area (Å²) >= 11 is 0. The quantitative estimate of drug-likeness (QED) is 0.500. The molecule has 10 heavy (non-hydrogen) atoms. The van der Waals surface area contributed by atoms with Gasteiger partial charge in [0.25, 0.3) is 0 Å². The van der Waals surface area contributed by atoms with Crippen LogP contribution in [-0.4, -0.2) is 13.1 Å². The smallest absolute Gasteiger partial charge is 0.00148 e. The van der Waals surface area contributed by atoms with Gasteiger partial charge in [0.1, 0.15) is 0 Å². The molecule has 0 spiro atoms. The molecular formula is C9H15N. The van der Waals surface area contributed by atoms with Crippen molar-refractivity contribution in [2.24, 2.45) is 11.8 Å². The second kappa shape index (κ2) is 2.75. The Balaban J connectivity index is 2.03. The van der Waals surface area contributed by atoms with Gasteiger partial charge in [0.2, 0.25) is 0 Å². The fourth-order valence-corrected chi connectivity index (χ4v) is 2.09. The number of piperidine rings is 1. The van der Waals surface area contributed by atoms with Crippen molar-refractivity contribution in [1.82, 2.24) is 5.32 Å². The molecule has 1 nitrogen and oxygen atoms in total. The third-order valence-electron chi connectivity index (χ3n) is 2.75. The summed E-state index contributed by atoms with van der Waals surface area (Å²) in [7, 11) is 0. The molecule has 1 heteroatoms. The Labute approximate surface area is 62.5 Å². The third-order valence-corrected chi connectivity index (χ3v) is 2.75. The first kappa shape index (κ1) is 6.41. The van der Waals surface area contributed by atoms with Gasteiger partial charge in [-0.3, -0.25) is 0 Å². The van der Waals surface area contributed by atoms with Crippen LogP contribution in [0, 0.1) is 11.8 Å². The molecule has 1 saturated heterocycles. The van der Waals surface area contributed by atoms with Gasteiger partial charge in [-0.2, -0.15) is 0 Å². The molecule has 0 aromatic rings. The molecule has 0 saturated carbocycles. The zero-order valence-corrected chi connectivity index (χ0v) is 6.34. The Morgan fingerprint density at radius 3 is 3.20 bits per heavy atom. The van der Waals surface area contributed by atoms with Crippen molar-refractivity contribution in [2.45, 2.75) is 19.3 Å². The highest BCUT2D eigenvalue weighted by Crippen LogP contribution is 2.28. The Hall–Kier alpha value is -0.300. The average molecular weight is 137 g/mol. The maximum absolute atomic E-state index is 3.45. The van der Waals surface area contributed by atoms with Crippen LogP contribution in [0.5, 0.6) is 0 Å². The molecule has 0 aromatic heterocycles. The number of hydrogen-bond acceptors (Lipinski definition) is 1. The van der Waals surface area contributed by atoms with E-state index in [-0.39, 0.29) is 0 Å². The SMILES string of the molecule is C1=C[C@@H]2CCNC[C@H]2CC1. The summed E-state index contributed by atoms with van der Waals surface area (Å²) in [4.78, 5) is 0. The molecule has 0 amide bonds. The van der Waals surface area contributed by atoms with E-state index in [0.29, 0.717) is 0 Å². The lowest BCUT2D eigenvalue weighted by Crippen LogP contribution is -2.36. The van der Waals surface area contributed by atoms with Crippen LogP contribution in [0.1, 0.15) is 19.3 Å². The van der Waals surface area contributed by atoms with E-state index < -0.39 is 0 Å². The molecule has 0 unspecified atom stereocenters. The summed E-state index contributed by atoms with van der Waals surface area (Å²) in [6.45, 7) is 2.49. The lowest BCUT2D eigenvalue weighted by atomic mass is 9.80. The Bertz CT molecular complexity index is 140. The van der Waals surface area contributed by atoms with Crippen molar-refractivity contribution in [3.63, 3.8) is 0 Å². The van der Waals surface area contributed by atoms with Gasteiger partial charge in [0.15, 0.2) is 0 Å². The Kier molecular flexibility index (Phi) is 1.76. The van der Waals surface area contributed by atoms with Gasteiger partial charge >= 0.3 is 0 Å². The summed E-state index contributed by atoms with van der Waals surface area (Å²) in [5, 5.41) is 3.45. The normalized spacial score (nSPS) is 39.2. The topological polar surface area (TPSA) is 12.0 Å². The lowest BCUT2D eigenvalue weighted by molar-refractivity contribution is 0.277. The van der Waals surface area contributed by atoms with E-state index >= 15 is 0 Å². The first-order chi connectivity index (χ1) is 4.97. The van der Waals surface area contributed by atoms with Crippen molar-refractivity contribution in [3.8, 4) is 0 Å². The summed E-state index contributed by atoms with van der Waals surface area (Å²) < 4.78 is 0. The van der Waals surface area contributed by atoms with E-state index in [9.17, 15) is 0 Å². The van der Waals surface area contributed by atoms with Crippen molar-refractivity contribution < 1.29 is 0 Å². The minimum absolute atomic E-state index is 0.912. The van der Waals surface area contributed by atoms with Crippen LogP contribution in [0.25, 0.3) is 0 Å². The van der Waals surface area contributed by atoms with E-state index in [1.807, 2.05) is 0 Å². The molecule has 2 aliphatic rings. The third kappa shape index (κ3) is 1.10. The maximum Gasteiger partial charge on any atom is -0.00148 e. The number of rotatable bonds is 0. The molecule has 0 aromatic carbocycles. The van der Waals surface area contributed by atoms with Crippen LogP contribution in [0.3, 0.4) is 0 Å². The van der Waals surface area contributed by atoms with Crippen molar-refractivity contribution in [1.29, 1.82) is 0 Å². The maximum atomic E-state index is 3.45. The van der Waals surface area contributed by atoms with Crippen LogP contribution in [0.15, 0.2) is 12.2 Å². The highest BCUT2D eigenvalue weighted by atomic mass is 14.9. The first-order valence-corrected chi connectivity index (χ1v) is 4.34. The highest BCUT2D eigenvalue weighted by molar-refractivity contribution is 4.99. The zero-order valence-electron chi connectivity index (χ0n) is 6.34. The minimum Gasteiger partial charge on any atom is -0.316 e. The number of hydrogen-bond donors (Lipinski definition) is 1. The van der Waals surface area contributed by atoms with Crippen LogP contribution in [-0.2, 0) is 0 Å². The van der Waals surface area contributed by atoms with E-state index in [4.69, 9.17) is 0 Å². The molecule has 2 rings (SSSR count). The molecule has 0 radical (unpaired) electrons.